The normalized spacial score (nSPS) is 16.8. The van der Waals surface area contributed by atoms with E-state index in [2.05, 4.69) is 33.5 Å². The molecule has 0 spiro atoms. The average Bonchev–Trinajstić information content (AvgIpc) is 2.60. The van der Waals surface area contributed by atoms with E-state index in [1.54, 1.807) is 7.05 Å². The lowest BCUT2D eigenvalue weighted by Crippen LogP contribution is -2.44. The van der Waals surface area contributed by atoms with E-state index in [4.69, 9.17) is 16.3 Å². The van der Waals surface area contributed by atoms with Crippen molar-refractivity contribution in [1.82, 2.24) is 15.5 Å². The van der Waals surface area contributed by atoms with Crippen molar-refractivity contribution in [3.63, 3.8) is 0 Å². The standard InChI is InChI=1S/C18H29ClN4O.HI/c1-15(14-23-9-11-24-12-10-23)13-22-18(20-2)21-8-7-16-5-3-4-6-17(16)19;/h3-6,15H,7-14H2,1-2H3,(H2,20,21,22);1H. The number of nitrogens with zero attached hydrogens (tertiary/aromatic N) is 2. The summed E-state index contributed by atoms with van der Waals surface area (Å²) in [6.45, 7) is 8.85. The maximum Gasteiger partial charge on any atom is 0.190 e. The zero-order valence-corrected chi connectivity index (χ0v) is 18.2. The number of rotatable bonds is 7. The van der Waals surface area contributed by atoms with E-state index in [1.165, 1.54) is 0 Å². The minimum Gasteiger partial charge on any atom is -0.379 e. The van der Waals surface area contributed by atoms with Crippen LogP contribution in [-0.2, 0) is 11.2 Å². The van der Waals surface area contributed by atoms with Gasteiger partial charge in [-0.25, -0.2) is 0 Å². The quantitative estimate of drug-likeness (QED) is 0.358. The van der Waals surface area contributed by atoms with E-state index in [1.807, 2.05) is 18.2 Å². The van der Waals surface area contributed by atoms with Gasteiger partial charge in [-0.15, -0.1) is 24.0 Å². The SMILES string of the molecule is CN=C(NCCc1ccccc1Cl)NCC(C)CN1CCOCC1.I. The van der Waals surface area contributed by atoms with E-state index in [9.17, 15) is 0 Å². The molecular weight excluding hydrogens is 451 g/mol. The first-order valence-electron chi connectivity index (χ1n) is 8.67. The first-order valence-corrected chi connectivity index (χ1v) is 9.05. The summed E-state index contributed by atoms with van der Waals surface area (Å²) in [6, 6.07) is 7.96. The number of guanidine groups is 1. The summed E-state index contributed by atoms with van der Waals surface area (Å²) in [7, 11) is 1.80. The predicted octanol–water partition coefficient (Wildman–Crippen LogP) is 2.63. The van der Waals surface area contributed by atoms with Crippen LogP contribution in [0.5, 0.6) is 0 Å². The Kier molecular flexibility index (Phi) is 11.4. The second-order valence-electron chi connectivity index (χ2n) is 6.24. The first kappa shape index (κ1) is 22.5. The van der Waals surface area contributed by atoms with E-state index < -0.39 is 0 Å². The van der Waals surface area contributed by atoms with Gasteiger partial charge in [0.15, 0.2) is 5.96 Å². The monoisotopic (exact) mass is 480 g/mol. The molecule has 2 N–H and O–H groups in total. The second kappa shape index (κ2) is 12.7. The fourth-order valence-electron chi connectivity index (χ4n) is 2.80. The first-order chi connectivity index (χ1) is 11.7. The van der Waals surface area contributed by atoms with Crippen molar-refractivity contribution in [3.05, 3.63) is 34.9 Å². The van der Waals surface area contributed by atoms with Crippen LogP contribution >= 0.6 is 35.6 Å². The molecule has 0 amide bonds. The largest absolute Gasteiger partial charge is 0.379 e. The predicted molar refractivity (Wildman–Crippen MR) is 116 cm³/mol. The summed E-state index contributed by atoms with van der Waals surface area (Å²) in [5.41, 5.74) is 1.16. The van der Waals surface area contributed by atoms with Gasteiger partial charge in [0.25, 0.3) is 0 Å². The van der Waals surface area contributed by atoms with E-state index in [0.29, 0.717) is 5.92 Å². The molecule has 2 rings (SSSR count). The summed E-state index contributed by atoms with van der Waals surface area (Å²) < 4.78 is 5.39. The highest BCUT2D eigenvalue weighted by atomic mass is 127. The Hall–Kier alpha value is -0.570. The molecule has 25 heavy (non-hydrogen) atoms. The fourth-order valence-corrected chi connectivity index (χ4v) is 3.03. The van der Waals surface area contributed by atoms with Crippen molar-refractivity contribution in [2.24, 2.45) is 10.9 Å². The molecule has 0 bridgehead atoms. The highest BCUT2D eigenvalue weighted by Crippen LogP contribution is 2.14. The number of nitrogens with one attached hydrogen (secondary N) is 2. The van der Waals surface area contributed by atoms with E-state index in [0.717, 1.165) is 68.9 Å². The molecule has 7 heteroatoms. The van der Waals surface area contributed by atoms with E-state index in [-0.39, 0.29) is 24.0 Å². The van der Waals surface area contributed by atoms with Crippen LogP contribution in [0, 0.1) is 5.92 Å². The molecule has 1 atom stereocenters. The Morgan fingerprint density at radius 1 is 1.28 bits per heavy atom. The third-order valence-electron chi connectivity index (χ3n) is 4.16. The number of hydrogen-bond donors (Lipinski definition) is 2. The van der Waals surface area contributed by atoms with Crippen LogP contribution in [0.1, 0.15) is 12.5 Å². The number of morpholine rings is 1. The van der Waals surface area contributed by atoms with Crippen molar-refractivity contribution in [2.75, 3.05) is 53.0 Å². The lowest BCUT2D eigenvalue weighted by atomic mass is 10.1. The van der Waals surface area contributed by atoms with Gasteiger partial charge in [-0.05, 0) is 24.0 Å². The van der Waals surface area contributed by atoms with Crippen molar-refractivity contribution in [3.8, 4) is 0 Å². The second-order valence-corrected chi connectivity index (χ2v) is 6.65. The van der Waals surface area contributed by atoms with Gasteiger partial charge in [0.2, 0.25) is 0 Å². The van der Waals surface area contributed by atoms with Crippen LogP contribution in [0.4, 0.5) is 0 Å². The van der Waals surface area contributed by atoms with Crippen molar-refractivity contribution < 1.29 is 4.74 Å². The van der Waals surface area contributed by atoms with Gasteiger partial charge in [0, 0.05) is 44.8 Å². The van der Waals surface area contributed by atoms with Crippen LogP contribution < -0.4 is 10.6 Å². The summed E-state index contributed by atoms with van der Waals surface area (Å²) in [5, 5.41) is 7.58. The van der Waals surface area contributed by atoms with Crippen LogP contribution in [-0.4, -0.2) is 63.8 Å². The maximum atomic E-state index is 6.18. The zero-order chi connectivity index (χ0) is 17.2. The molecule has 1 aromatic rings. The molecule has 1 saturated heterocycles. The topological polar surface area (TPSA) is 48.9 Å². The zero-order valence-electron chi connectivity index (χ0n) is 15.1. The Labute approximate surface area is 173 Å². The van der Waals surface area contributed by atoms with Crippen molar-refractivity contribution in [2.45, 2.75) is 13.3 Å². The number of aliphatic imine (C=N–C) groups is 1. The summed E-state index contributed by atoms with van der Waals surface area (Å²) >= 11 is 6.18. The molecule has 1 unspecified atom stereocenters. The highest BCUT2D eigenvalue weighted by Gasteiger charge is 2.13. The fraction of sp³-hybridized carbons (Fsp3) is 0.611. The molecule has 0 saturated carbocycles. The van der Waals surface area contributed by atoms with Crippen LogP contribution in [0.25, 0.3) is 0 Å². The van der Waals surface area contributed by atoms with Gasteiger partial charge < -0.3 is 15.4 Å². The van der Waals surface area contributed by atoms with Crippen molar-refractivity contribution >= 4 is 41.5 Å². The van der Waals surface area contributed by atoms with Crippen LogP contribution in [0.3, 0.4) is 0 Å². The average molecular weight is 481 g/mol. The van der Waals surface area contributed by atoms with Crippen LogP contribution in [0.15, 0.2) is 29.3 Å². The third kappa shape index (κ3) is 8.57. The third-order valence-corrected chi connectivity index (χ3v) is 4.53. The molecule has 142 valence electrons. The van der Waals surface area contributed by atoms with Gasteiger partial charge in [-0.3, -0.25) is 9.89 Å². The molecule has 1 aliphatic rings. The molecule has 5 nitrogen and oxygen atoms in total. The molecule has 1 heterocycles. The molecule has 0 radical (unpaired) electrons. The lowest BCUT2D eigenvalue weighted by Gasteiger charge is -2.29. The van der Waals surface area contributed by atoms with Crippen molar-refractivity contribution in [1.29, 1.82) is 0 Å². The minimum absolute atomic E-state index is 0. The summed E-state index contributed by atoms with van der Waals surface area (Å²) in [4.78, 5) is 6.75. The Bertz CT molecular complexity index is 524. The Balaban J connectivity index is 0.00000312. The highest BCUT2D eigenvalue weighted by molar-refractivity contribution is 14.0. The number of ether oxygens (including phenoxy) is 1. The molecule has 1 aromatic carbocycles. The Morgan fingerprint density at radius 3 is 2.68 bits per heavy atom. The number of halogens is 2. The van der Waals surface area contributed by atoms with Gasteiger partial charge >= 0.3 is 0 Å². The molecule has 0 aromatic heterocycles. The van der Waals surface area contributed by atoms with Gasteiger partial charge in [-0.1, -0.05) is 36.7 Å². The number of benzene rings is 1. The molecule has 0 aliphatic carbocycles. The van der Waals surface area contributed by atoms with Gasteiger partial charge in [-0.2, -0.15) is 0 Å². The maximum absolute atomic E-state index is 6.18. The lowest BCUT2D eigenvalue weighted by molar-refractivity contribution is 0.0320. The van der Waals surface area contributed by atoms with Gasteiger partial charge in [0.1, 0.15) is 0 Å². The van der Waals surface area contributed by atoms with Gasteiger partial charge in [0.05, 0.1) is 13.2 Å². The number of hydrogen-bond acceptors (Lipinski definition) is 3. The van der Waals surface area contributed by atoms with E-state index >= 15 is 0 Å². The summed E-state index contributed by atoms with van der Waals surface area (Å²) in [6.07, 6.45) is 0.879. The molecular formula is C18H30ClIN4O. The Morgan fingerprint density at radius 2 is 2.00 bits per heavy atom. The summed E-state index contributed by atoms with van der Waals surface area (Å²) in [5.74, 6) is 1.40. The molecule has 1 aliphatic heterocycles. The van der Waals surface area contributed by atoms with Crippen LogP contribution in [0.2, 0.25) is 5.02 Å². The molecule has 1 fully saturated rings. The minimum atomic E-state index is 0. The smallest absolute Gasteiger partial charge is 0.190 e.